The second-order valence-electron chi connectivity index (χ2n) is 3.71. The first-order chi connectivity index (χ1) is 8.93. The molecule has 0 aliphatic carbocycles. The van der Waals surface area contributed by atoms with Crippen LogP contribution in [0, 0.1) is 10.1 Å². The summed E-state index contributed by atoms with van der Waals surface area (Å²) in [5.74, 6) is -0.553. The minimum Gasteiger partial charge on any atom is -0.506 e. The van der Waals surface area contributed by atoms with E-state index in [2.05, 4.69) is 10.6 Å². The molecule has 1 aromatic rings. The van der Waals surface area contributed by atoms with Crippen LogP contribution in [0.4, 0.5) is 11.4 Å². The topological polar surface area (TPSA) is 104 Å². The molecule has 19 heavy (non-hydrogen) atoms. The first-order valence-corrected chi connectivity index (χ1v) is 5.93. The molecule has 0 aliphatic heterocycles. The number of nitro groups is 1. The second-order valence-corrected chi connectivity index (χ2v) is 4.12. The third kappa shape index (κ3) is 4.51. The fourth-order valence-corrected chi connectivity index (χ4v) is 1.53. The number of carbonyl (C=O) groups is 1. The number of amides is 1. The van der Waals surface area contributed by atoms with E-state index < -0.39 is 4.92 Å². The lowest BCUT2D eigenvalue weighted by Crippen LogP contribution is -2.33. The number of phenols is 1. The molecule has 3 N–H and O–H groups in total. The molecule has 0 radical (unpaired) electrons. The molecular formula is C11H13N3O4S. The zero-order chi connectivity index (χ0) is 14.4. The summed E-state index contributed by atoms with van der Waals surface area (Å²) in [5.41, 5.74) is -0.0450. The van der Waals surface area contributed by atoms with E-state index in [1.54, 1.807) is 0 Å². The molecule has 1 rings (SSSR count). The molecule has 8 heteroatoms. The Hall–Kier alpha value is -2.22. The normalized spacial score (nSPS) is 9.74. The van der Waals surface area contributed by atoms with E-state index in [0.717, 1.165) is 6.07 Å². The zero-order valence-electron chi connectivity index (χ0n) is 10.2. The van der Waals surface area contributed by atoms with Crippen LogP contribution >= 0.6 is 12.2 Å². The smallest absolute Gasteiger partial charge is 0.273 e. The van der Waals surface area contributed by atoms with Crippen LogP contribution in [0.3, 0.4) is 0 Å². The van der Waals surface area contributed by atoms with Crippen LogP contribution in [0.25, 0.3) is 0 Å². The minimum atomic E-state index is -0.620. The highest BCUT2D eigenvalue weighted by molar-refractivity contribution is 7.80. The molecule has 0 spiro atoms. The molecule has 0 saturated carbocycles. The third-order valence-corrected chi connectivity index (χ3v) is 2.37. The van der Waals surface area contributed by atoms with E-state index in [4.69, 9.17) is 12.2 Å². The van der Waals surface area contributed by atoms with Gasteiger partial charge < -0.3 is 15.7 Å². The van der Waals surface area contributed by atoms with Gasteiger partial charge in [0.05, 0.1) is 16.7 Å². The fraction of sp³-hybridized carbons (Fsp3) is 0.273. The van der Waals surface area contributed by atoms with Crippen molar-refractivity contribution in [2.45, 2.75) is 19.8 Å². The number of rotatable bonds is 4. The van der Waals surface area contributed by atoms with Gasteiger partial charge in [0, 0.05) is 12.5 Å². The van der Waals surface area contributed by atoms with Crippen LogP contribution in [0.1, 0.15) is 19.8 Å². The van der Waals surface area contributed by atoms with Gasteiger partial charge in [0.15, 0.2) is 5.11 Å². The summed E-state index contributed by atoms with van der Waals surface area (Å²) < 4.78 is 0. The van der Waals surface area contributed by atoms with Crippen molar-refractivity contribution in [3.05, 3.63) is 28.3 Å². The predicted molar refractivity (Wildman–Crippen MR) is 74.0 cm³/mol. The first-order valence-electron chi connectivity index (χ1n) is 5.52. The maximum Gasteiger partial charge on any atom is 0.273 e. The van der Waals surface area contributed by atoms with Crippen molar-refractivity contribution in [1.82, 2.24) is 5.32 Å². The van der Waals surface area contributed by atoms with Crippen molar-refractivity contribution in [3.63, 3.8) is 0 Å². The van der Waals surface area contributed by atoms with Gasteiger partial charge in [0.1, 0.15) is 5.75 Å². The number of anilines is 1. The monoisotopic (exact) mass is 283 g/mol. The number of carbonyl (C=O) groups excluding carboxylic acids is 1. The largest absolute Gasteiger partial charge is 0.506 e. The molecule has 0 unspecified atom stereocenters. The van der Waals surface area contributed by atoms with Crippen LogP contribution in [0.5, 0.6) is 5.75 Å². The molecule has 102 valence electrons. The van der Waals surface area contributed by atoms with Crippen molar-refractivity contribution in [1.29, 1.82) is 0 Å². The molecule has 0 bridgehead atoms. The molecule has 1 amide bonds. The summed E-state index contributed by atoms with van der Waals surface area (Å²) in [6.07, 6.45) is 1.03. The number of non-ortho nitro benzene ring substituents is 1. The average Bonchev–Trinajstić information content (AvgIpc) is 2.31. The van der Waals surface area contributed by atoms with Crippen LogP contribution in [-0.4, -0.2) is 21.0 Å². The molecular weight excluding hydrogens is 270 g/mol. The minimum absolute atomic E-state index is 0.0302. The van der Waals surface area contributed by atoms with E-state index in [1.165, 1.54) is 12.1 Å². The molecule has 0 saturated heterocycles. The predicted octanol–water partition coefficient (Wildman–Crippen LogP) is 1.91. The zero-order valence-corrected chi connectivity index (χ0v) is 11.0. The highest BCUT2D eigenvalue weighted by Gasteiger charge is 2.11. The Labute approximate surface area is 114 Å². The summed E-state index contributed by atoms with van der Waals surface area (Å²) in [6.45, 7) is 1.86. The maximum atomic E-state index is 11.3. The fourth-order valence-electron chi connectivity index (χ4n) is 1.31. The SMILES string of the molecule is CCCC(=O)NC(=S)Nc1ccc([N+](=O)[O-])cc1O. The second kappa shape index (κ2) is 6.64. The number of aromatic hydroxyl groups is 1. The quantitative estimate of drug-likeness (QED) is 0.337. The summed E-state index contributed by atoms with van der Waals surface area (Å²) in [5, 5.41) is 25.1. The Kier molecular flexibility index (Phi) is 5.19. The molecule has 0 aromatic heterocycles. The Morgan fingerprint density at radius 1 is 1.53 bits per heavy atom. The summed E-state index contributed by atoms with van der Waals surface area (Å²) in [6, 6.07) is 3.53. The maximum absolute atomic E-state index is 11.3. The summed E-state index contributed by atoms with van der Waals surface area (Å²) in [7, 11) is 0. The van der Waals surface area contributed by atoms with Crippen molar-refractivity contribution < 1.29 is 14.8 Å². The lowest BCUT2D eigenvalue weighted by atomic mass is 10.2. The number of hydrogen-bond acceptors (Lipinski definition) is 5. The number of nitrogens with one attached hydrogen (secondary N) is 2. The number of nitrogens with zero attached hydrogens (tertiary/aromatic N) is 1. The van der Waals surface area contributed by atoms with Crippen molar-refractivity contribution >= 4 is 34.6 Å². The van der Waals surface area contributed by atoms with Crippen molar-refractivity contribution in [2.24, 2.45) is 0 Å². The highest BCUT2D eigenvalue weighted by atomic mass is 32.1. The van der Waals surface area contributed by atoms with E-state index in [0.29, 0.717) is 12.8 Å². The molecule has 0 aliphatic rings. The number of thiocarbonyl (C=S) groups is 1. The van der Waals surface area contributed by atoms with Gasteiger partial charge in [0.25, 0.3) is 5.69 Å². The molecule has 0 fully saturated rings. The Morgan fingerprint density at radius 3 is 2.74 bits per heavy atom. The van der Waals surface area contributed by atoms with E-state index in [1.807, 2.05) is 6.92 Å². The standard InChI is InChI=1S/C11H13N3O4S/c1-2-3-10(16)13-11(19)12-8-5-4-7(14(17)18)6-9(8)15/h4-6,15H,2-3H2,1H3,(H2,12,13,16,19). The third-order valence-electron chi connectivity index (χ3n) is 2.17. The van der Waals surface area contributed by atoms with Crippen LogP contribution in [0.2, 0.25) is 0 Å². The Morgan fingerprint density at radius 2 is 2.21 bits per heavy atom. The van der Waals surface area contributed by atoms with Crippen LogP contribution in [-0.2, 0) is 4.79 Å². The van der Waals surface area contributed by atoms with Gasteiger partial charge in [-0.25, -0.2) is 0 Å². The van der Waals surface area contributed by atoms with Crippen molar-refractivity contribution in [2.75, 3.05) is 5.32 Å². The summed E-state index contributed by atoms with van der Waals surface area (Å²) >= 11 is 4.88. The van der Waals surface area contributed by atoms with Gasteiger partial charge in [-0.1, -0.05) is 6.92 Å². The van der Waals surface area contributed by atoms with E-state index in [9.17, 15) is 20.0 Å². The molecule has 7 nitrogen and oxygen atoms in total. The van der Waals surface area contributed by atoms with E-state index >= 15 is 0 Å². The molecule has 0 heterocycles. The summed E-state index contributed by atoms with van der Waals surface area (Å²) in [4.78, 5) is 21.2. The Bertz CT molecular complexity index is 519. The van der Waals surface area contributed by atoms with Gasteiger partial charge >= 0.3 is 0 Å². The lowest BCUT2D eigenvalue weighted by Gasteiger charge is -2.10. The molecule has 0 atom stereocenters. The number of nitro benzene ring substituents is 1. The number of hydrogen-bond donors (Lipinski definition) is 3. The molecule has 1 aromatic carbocycles. The lowest BCUT2D eigenvalue weighted by molar-refractivity contribution is -0.384. The van der Waals surface area contributed by atoms with Gasteiger partial charge in [-0.3, -0.25) is 14.9 Å². The number of benzene rings is 1. The van der Waals surface area contributed by atoms with Crippen molar-refractivity contribution in [3.8, 4) is 5.75 Å². The van der Waals surface area contributed by atoms with Gasteiger partial charge in [-0.15, -0.1) is 0 Å². The average molecular weight is 283 g/mol. The Balaban J connectivity index is 2.69. The first kappa shape index (κ1) is 14.8. The van der Waals surface area contributed by atoms with Gasteiger partial charge in [0.2, 0.25) is 5.91 Å². The van der Waals surface area contributed by atoms with Crippen LogP contribution < -0.4 is 10.6 Å². The van der Waals surface area contributed by atoms with Crippen LogP contribution in [0.15, 0.2) is 18.2 Å². The number of phenolic OH excluding ortho intramolecular Hbond substituents is 1. The van der Waals surface area contributed by atoms with E-state index in [-0.39, 0.29) is 28.1 Å². The highest BCUT2D eigenvalue weighted by Crippen LogP contribution is 2.27. The van der Waals surface area contributed by atoms with Gasteiger partial charge in [-0.05, 0) is 24.7 Å². The van der Waals surface area contributed by atoms with Gasteiger partial charge in [-0.2, -0.15) is 0 Å².